The first kappa shape index (κ1) is 22.1. The molecule has 0 aliphatic rings. The highest BCUT2D eigenvalue weighted by Gasteiger charge is 2.17. The quantitative estimate of drug-likeness (QED) is 0.234. The highest BCUT2D eigenvalue weighted by atomic mass is 14.7. The van der Waals surface area contributed by atoms with Crippen LogP contribution < -0.4 is 0 Å². The van der Waals surface area contributed by atoms with Gasteiger partial charge in [-0.1, -0.05) is 72.8 Å². The van der Waals surface area contributed by atoms with Crippen LogP contribution in [0.25, 0.3) is 66.3 Å². The van der Waals surface area contributed by atoms with Gasteiger partial charge in [0.25, 0.3) is 0 Å². The molecule has 3 heteroatoms. The third-order valence-electron chi connectivity index (χ3n) is 7.07. The van der Waals surface area contributed by atoms with Gasteiger partial charge in [-0.25, -0.2) is 0 Å². The summed E-state index contributed by atoms with van der Waals surface area (Å²) in [5.41, 5.74) is 8.85. The van der Waals surface area contributed by atoms with E-state index in [1.165, 1.54) is 38.2 Å². The van der Waals surface area contributed by atoms with Crippen LogP contribution in [0.2, 0.25) is 0 Å². The second-order valence-corrected chi connectivity index (χ2v) is 9.30. The fraction of sp³-hybridized carbons (Fsp3) is 0. The number of benzene rings is 4. The highest BCUT2D eigenvalue weighted by molar-refractivity contribution is 6.21. The summed E-state index contributed by atoms with van der Waals surface area (Å²) in [7, 11) is 0. The normalized spacial score (nSPS) is 11.2. The number of rotatable bonds is 4. The molecule has 3 aromatic heterocycles. The fourth-order valence-corrected chi connectivity index (χ4v) is 5.38. The molecule has 4 aromatic carbocycles. The Morgan fingerprint density at radius 3 is 1.53 bits per heavy atom. The van der Waals surface area contributed by atoms with Gasteiger partial charge in [-0.15, -0.1) is 0 Å². The minimum absolute atomic E-state index is 0.935. The summed E-state index contributed by atoms with van der Waals surface area (Å²) in [5.74, 6) is 0. The average Bonchev–Trinajstić information content (AvgIpc) is 3.01. The first-order valence-electron chi connectivity index (χ1n) is 12.7. The fourth-order valence-electron chi connectivity index (χ4n) is 5.38. The topological polar surface area (TPSA) is 38.7 Å². The predicted octanol–water partition coefficient (Wildman–Crippen LogP) is 8.85. The van der Waals surface area contributed by atoms with E-state index in [9.17, 15) is 0 Å². The van der Waals surface area contributed by atoms with Gasteiger partial charge >= 0.3 is 0 Å². The van der Waals surface area contributed by atoms with Gasteiger partial charge in [0.05, 0.1) is 11.4 Å². The average molecular weight is 486 g/mol. The zero-order valence-corrected chi connectivity index (χ0v) is 20.6. The minimum atomic E-state index is 0.935. The molecule has 0 aliphatic carbocycles. The molecule has 0 amide bonds. The summed E-state index contributed by atoms with van der Waals surface area (Å²) in [5, 5.41) is 4.89. The van der Waals surface area contributed by atoms with Gasteiger partial charge in [-0.2, -0.15) is 0 Å². The summed E-state index contributed by atoms with van der Waals surface area (Å²) in [6.45, 7) is 0. The number of nitrogens with zero attached hydrogens (tertiary/aromatic N) is 3. The first-order chi connectivity index (χ1) is 18.9. The van der Waals surface area contributed by atoms with Crippen molar-refractivity contribution in [1.29, 1.82) is 0 Å². The van der Waals surface area contributed by atoms with Crippen LogP contribution in [0.3, 0.4) is 0 Å². The molecule has 0 radical (unpaired) electrons. The summed E-state index contributed by atoms with van der Waals surface area (Å²) in [6.07, 6.45) is 7.36. The van der Waals surface area contributed by atoms with Crippen molar-refractivity contribution < 1.29 is 0 Å². The Labute approximate surface area is 221 Å². The van der Waals surface area contributed by atoms with Crippen LogP contribution in [0.1, 0.15) is 0 Å². The lowest BCUT2D eigenvalue weighted by atomic mass is 9.85. The van der Waals surface area contributed by atoms with Crippen LogP contribution in [-0.4, -0.2) is 15.0 Å². The predicted molar refractivity (Wildman–Crippen MR) is 157 cm³/mol. The van der Waals surface area contributed by atoms with Gasteiger partial charge in [0, 0.05) is 35.9 Å². The summed E-state index contributed by atoms with van der Waals surface area (Å²) >= 11 is 0. The maximum Gasteiger partial charge on any atom is 0.0709 e. The first-order valence-corrected chi connectivity index (χ1v) is 12.7. The van der Waals surface area contributed by atoms with Crippen molar-refractivity contribution >= 4 is 21.5 Å². The largest absolute Gasteiger partial charge is 0.265 e. The summed E-state index contributed by atoms with van der Waals surface area (Å²) in [4.78, 5) is 13.4. The Morgan fingerprint density at radius 2 is 0.895 bits per heavy atom. The van der Waals surface area contributed by atoms with E-state index in [0.29, 0.717) is 0 Å². The molecular formula is C35H23N3. The van der Waals surface area contributed by atoms with E-state index in [4.69, 9.17) is 0 Å². The third-order valence-corrected chi connectivity index (χ3v) is 7.07. The van der Waals surface area contributed by atoms with Crippen LogP contribution >= 0.6 is 0 Å². The molecule has 0 N–H and O–H groups in total. The van der Waals surface area contributed by atoms with Crippen molar-refractivity contribution in [3.63, 3.8) is 0 Å². The monoisotopic (exact) mass is 485 g/mol. The Balaban J connectivity index is 1.51. The standard InChI is InChI=1S/C35H23N3/c1-3-12-30-28(10-1)34(26-9-7-8-25(22-26)32-14-5-6-18-37-32)29-11-2-4-13-31(29)35(30)27-17-21-38-33(23-27)24-15-19-36-20-16-24/h1-23H. The maximum atomic E-state index is 4.67. The van der Waals surface area contributed by atoms with Gasteiger partial charge in [0.15, 0.2) is 0 Å². The van der Waals surface area contributed by atoms with Crippen LogP contribution in [0, 0.1) is 0 Å². The Morgan fingerprint density at radius 1 is 0.342 bits per heavy atom. The van der Waals surface area contributed by atoms with Gasteiger partial charge in [0.1, 0.15) is 0 Å². The van der Waals surface area contributed by atoms with E-state index >= 15 is 0 Å². The number of fused-ring (bicyclic) bond motifs is 2. The minimum Gasteiger partial charge on any atom is -0.265 e. The number of hydrogen-bond donors (Lipinski definition) is 0. The van der Waals surface area contributed by atoms with E-state index in [1.54, 1.807) is 0 Å². The molecule has 38 heavy (non-hydrogen) atoms. The van der Waals surface area contributed by atoms with Crippen molar-refractivity contribution in [3.8, 4) is 44.8 Å². The second kappa shape index (κ2) is 9.38. The number of aromatic nitrogens is 3. The molecule has 0 unspecified atom stereocenters. The lowest BCUT2D eigenvalue weighted by Gasteiger charge is -2.18. The van der Waals surface area contributed by atoms with E-state index in [2.05, 4.69) is 106 Å². The van der Waals surface area contributed by atoms with E-state index in [1.807, 2.05) is 49.1 Å². The van der Waals surface area contributed by atoms with Gasteiger partial charge in [-0.05, 0) is 86.3 Å². The molecular weight excluding hydrogens is 462 g/mol. The highest BCUT2D eigenvalue weighted by Crippen LogP contribution is 2.44. The van der Waals surface area contributed by atoms with Gasteiger partial charge in [0.2, 0.25) is 0 Å². The molecule has 3 heterocycles. The van der Waals surface area contributed by atoms with E-state index in [0.717, 1.165) is 28.1 Å². The molecule has 0 saturated carbocycles. The molecule has 0 atom stereocenters. The molecule has 7 rings (SSSR count). The van der Waals surface area contributed by atoms with Crippen LogP contribution in [0.4, 0.5) is 0 Å². The number of hydrogen-bond acceptors (Lipinski definition) is 3. The molecule has 0 spiro atoms. The SMILES string of the molecule is c1ccc(-c2cccc(-c3c4ccccc4c(-c4ccnc(-c5ccncc5)c4)c4ccccc34)c2)nc1. The number of pyridine rings is 3. The van der Waals surface area contributed by atoms with Crippen molar-refractivity contribution in [2.75, 3.05) is 0 Å². The van der Waals surface area contributed by atoms with Crippen LogP contribution in [0.5, 0.6) is 0 Å². The van der Waals surface area contributed by atoms with Gasteiger partial charge < -0.3 is 0 Å². The summed E-state index contributed by atoms with van der Waals surface area (Å²) < 4.78 is 0. The van der Waals surface area contributed by atoms with Crippen LogP contribution in [0.15, 0.2) is 140 Å². The van der Waals surface area contributed by atoms with Crippen molar-refractivity contribution in [1.82, 2.24) is 15.0 Å². The molecule has 7 aromatic rings. The molecule has 0 fully saturated rings. The zero-order chi connectivity index (χ0) is 25.3. The Bertz CT molecular complexity index is 1710. The zero-order valence-electron chi connectivity index (χ0n) is 20.6. The third kappa shape index (κ3) is 3.82. The van der Waals surface area contributed by atoms with E-state index < -0.39 is 0 Å². The molecule has 0 saturated heterocycles. The maximum absolute atomic E-state index is 4.67. The van der Waals surface area contributed by atoms with Crippen molar-refractivity contribution in [3.05, 3.63) is 140 Å². The Hall–Kier alpha value is -5.15. The molecule has 0 bridgehead atoms. The van der Waals surface area contributed by atoms with Crippen molar-refractivity contribution in [2.45, 2.75) is 0 Å². The molecule has 0 aliphatic heterocycles. The molecule has 3 nitrogen and oxygen atoms in total. The smallest absolute Gasteiger partial charge is 0.0709 e. The van der Waals surface area contributed by atoms with E-state index in [-0.39, 0.29) is 0 Å². The lowest BCUT2D eigenvalue weighted by Crippen LogP contribution is -1.92. The molecule has 178 valence electrons. The lowest BCUT2D eigenvalue weighted by molar-refractivity contribution is 1.29. The van der Waals surface area contributed by atoms with Gasteiger partial charge in [-0.3, -0.25) is 15.0 Å². The Kier molecular flexibility index (Phi) is 5.45. The summed E-state index contributed by atoms with van der Waals surface area (Å²) in [6, 6.07) is 40.5. The van der Waals surface area contributed by atoms with Crippen LogP contribution in [-0.2, 0) is 0 Å². The second-order valence-electron chi connectivity index (χ2n) is 9.30. The van der Waals surface area contributed by atoms with Crippen molar-refractivity contribution in [2.24, 2.45) is 0 Å².